The van der Waals surface area contributed by atoms with Gasteiger partial charge >= 0.3 is 21.1 Å². The van der Waals surface area contributed by atoms with Gasteiger partial charge in [0.1, 0.15) is 0 Å². The summed E-state index contributed by atoms with van der Waals surface area (Å²) in [7, 11) is 0. The number of rotatable bonds is 0. The zero-order valence-corrected chi connectivity index (χ0v) is 7.12. The van der Waals surface area contributed by atoms with Crippen LogP contribution < -0.4 is 5.32 Å². The van der Waals surface area contributed by atoms with Gasteiger partial charge in [-0.15, -0.1) is 13.1 Å². The second-order valence-corrected chi connectivity index (χ2v) is 1.42. The Labute approximate surface area is 58.3 Å². The molecule has 0 aromatic heterocycles. The number of nitrogens with one attached hydrogen (secondary N) is 1. The molecule has 1 N–H and O–H groups in total. The minimum atomic E-state index is 0. The summed E-state index contributed by atoms with van der Waals surface area (Å²) in [5, 5.41) is 7.31. The van der Waals surface area contributed by atoms with Gasteiger partial charge in [-0.2, -0.15) is 0 Å². The molecule has 0 unspecified atom stereocenters. The first kappa shape index (κ1) is 7.61. The number of piperazine rings is 1. The maximum Gasteiger partial charge on any atom is 2.00 e. The van der Waals surface area contributed by atoms with Crippen molar-refractivity contribution in [2.45, 2.75) is 0 Å². The van der Waals surface area contributed by atoms with Crippen LogP contribution >= 0.6 is 0 Å². The van der Waals surface area contributed by atoms with Crippen molar-refractivity contribution in [2.75, 3.05) is 26.2 Å². The molecule has 2 nitrogen and oxygen atoms in total. The van der Waals surface area contributed by atoms with E-state index in [0.29, 0.717) is 0 Å². The van der Waals surface area contributed by atoms with E-state index in [-0.39, 0.29) is 21.1 Å². The fraction of sp³-hybridized carbons (Fsp3) is 1.00. The van der Waals surface area contributed by atoms with Gasteiger partial charge in [-0.3, -0.25) is 0 Å². The molecule has 0 aliphatic carbocycles. The van der Waals surface area contributed by atoms with Crippen LogP contribution in [0.15, 0.2) is 0 Å². The van der Waals surface area contributed by atoms with E-state index in [1.165, 1.54) is 0 Å². The Morgan fingerprint density at radius 1 is 1.14 bits per heavy atom. The van der Waals surface area contributed by atoms with E-state index >= 15 is 0 Å². The molecular weight excluding hydrogens is 260 g/mol. The molecule has 0 spiro atoms. The van der Waals surface area contributed by atoms with Crippen molar-refractivity contribution in [2.24, 2.45) is 0 Å². The third-order valence-corrected chi connectivity index (χ3v) is 0.893. The SMILES string of the molecule is C1CNCC[N-]1.[W+2]. The Bertz CT molecular complexity index is 25.2. The zero-order chi connectivity index (χ0) is 4.24. The maximum atomic E-state index is 4.11. The summed E-state index contributed by atoms with van der Waals surface area (Å²) in [5.74, 6) is 0. The molecule has 0 amide bonds. The van der Waals surface area contributed by atoms with Gasteiger partial charge in [-0.25, -0.2) is 0 Å². The van der Waals surface area contributed by atoms with Crippen LogP contribution in [0, 0.1) is 0 Å². The molecule has 7 heavy (non-hydrogen) atoms. The van der Waals surface area contributed by atoms with Crippen molar-refractivity contribution in [3.63, 3.8) is 0 Å². The molecule has 0 aromatic carbocycles. The van der Waals surface area contributed by atoms with Crippen LogP contribution in [0.1, 0.15) is 0 Å². The van der Waals surface area contributed by atoms with Gasteiger partial charge in [0.25, 0.3) is 0 Å². The van der Waals surface area contributed by atoms with Crippen LogP contribution in [0.3, 0.4) is 0 Å². The third kappa shape index (κ3) is 3.21. The van der Waals surface area contributed by atoms with Crippen molar-refractivity contribution in [3.8, 4) is 0 Å². The van der Waals surface area contributed by atoms with Crippen LogP contribution in [-0.2, 0) is 21.1 Å². The Morgan fingerprint density at radius 3 is 1.86 bits per heavy atom. The molecule has 0 saturated carbocycles. The van der Waals surface area contributed by atoms with Crippen LogP contribution in [0.4, 0.5) is 0 Å². The monoisotopic (exact) mass is 269 g/mol. The topological polar surface area (TPSA) is 26.1 Å². The second kappa shape index (κ2) is 4.76. The number of hydrogen-bond acceptors (Lipinski definition) is 1. The van der Waals surface area contributed by atoms with Crippen molar-refractivity contribution >= 4 is 0 Å². The number of nitrogens with zero attached hydrogens (tertiary/aromatic N) is 1. The Morgan fingerprint density at radius 2 is 1.71 bits per heavy atom. The van der Waals surface area contributed by atoms with Crippen LogP contribution in [0.25, 0.3) is 5.32 Å². The van der Waals surface area contributed by atoms with Gasteiger partial charge in [-0.05, 0) is 13.1 Å². The predicted molar refractivity (Wildman–Crippen MR) is 26.0 cm³/mol. The molecule has 1 saturated heterocycles. The van der Waals surface area contributed by atoms with Crippen molar-refractivity contribution in [3.05, 3.63) is 5.32 Å². The van der Waals surface area contributed by atoms with E-state index in [0.717, 1.165) is 26.2 Å². The fourth-order valence-corrected chi connectivity index (χ4v) is 0.553. The predicted octanol–water partition coefficient (Wildman–Crippen LogP) is -0.0392. The summed E-state index contributed by atoms with van der Waals surface area (Å²) >= 11 is 0. The van der Waals surface area contributed by atoms with E-state index < -0.39 is 0 Å². The molecule has 40 valence electrons. The minimum Gasteiger partial charge on any atom is -0.660 e. The summed E-state index contributed by atoms with van der Waals surface area (Å²) in [6, 6.07) is 0. The van der Waals surface area contributed by atoms with E-state index in [2.05, 4.69) is 10.6 Å². The van der Waals surface area contributed by atoms with Gasteiger partial charge in [0.15, 0.2) is 0 Å². The molecule has 1 fully saturated rings. The van der Waals surface area contributed by atoms with E-state index in [1.807, 2.05) is 0 Å². The standard InChI is InChI=1S/C4H9N2.W/c1-2-6-4-3-5-1;/h5H,1-4H2;/q-1;+2. The van der Waals surface area contributed by atoms with E-state index in [9.17, 15) is 0 Å². The summed E-state index contributed by atoms with van der Waals surface area (Å²) in [5.41, 5.74) is 0. The Kier molecular flexibility index (Phi) is 5.17. The fourth-order valence-electron chi connectivity index (χ4n) is 0.553. The van der Waals surface area contributed by atoms with Gasteiger partial charge < -0.3 is 10.6 Å². The molecule has 1 heterocycles. The first-order chi connectivity index (χ1) is 3.00. The first-order valence-electron chi connectivity index (χ1n) is 2.34. The molecule has 0 atom stereocenters. The molecule has 0 radical (unpaired) electrons. The molecule has 0 aromatic rings. The van der Waals surface area contributed by atoms with Crippen molar-refractivity contribution in [1.82, 2.24) is 5.32 Å². The van der Waals surface area contributed by atoms with Crippen molar-refractivity contribution < 1.29 is 21.1 Å². The summed E-state index contributed by atoms with van der Waals surface area (Å²) < 4.78 is 0. The average molecular weight is 269 g/mol. The van der Waals surface area contributed by atoms with Gasteiger partial charge in [0, 0.05) is 0 Å². The summed E-state index contributed by atoms with van der Waals surface area (Å²) in [4.78, 5) is 0. The van der Waals surface area contributed by atoms with Gasteiger partial charge in [0.05, 0.1) is 0 Å². The maximum absolute atomic E-state index is 4.11. The van der Waals surface area contributed by atoms with Crippen LogP contribution in [0.5, 0.6) is 0 Å². The molecule has 1 rings (SSSR count). The Hall–Kier alpha value is 0.608. The molecule has 3 heteroatoms. The van der Waals surface area contributed by atoms with E-state index in [4.69, 9.17) is 0 Å². The third-order valence-electron chi connectivity index (χ3n) is 0.893. The number of hydrogen-bond donors (Lipinski definition) is 1. The molecule has 1 aliphatic rings. The van der Waals surface area contributed by atoms with E-state index in [1.54, 1.807) is 0 Å². The normalized spacial score (nSPS) is 20.6. The van der Waals surface area contributed by atoms with Crippen LogP contribution in [-0.4, -0.2) is 26.2 Å². The second-order valence-electron chi connectivity index (χ2n) is 1.42. The average Bonchev–Trinajstić information content (AvgIpc) is 1.72. The van der Waals surface area contributed by atoms with Gasteiger partial charge in [0.2, 0.25) is 0 Å². The van der Waals surface area contributed by atoms with Crippen LogP contribution in [0.2, 0.25) is 0 Å². The largest absolute Gasteiger partial charge is 2.00 e. The summed E-state index contributed by atoms with van der Waals surface area (Å²) in [6.07, 6.45) is 0. The molecule has 0 bridgehead atoms. The Balaban J connectivity index is 0.000000360. The van der Waals surface area contributed by atoms with Gasteiger partial charge in [-0.1, -0.05) is 0 Å². The molecular formula is C4H9N2W+. The smallest absolute Gasteiger partial charge is 0.660 e. The van der Waals surface area contributed by atoms with Crippen molar-refractivity contribution in [1.29, 1.82) is 0 Å². The first-order valence-corrected chi connectivity index (χ1v) is 2.34. The molecule has 1 aliphatic heterocycles. The minimum absolute atomic E-state index is 0. The zero-order valence-electron chi connectivity index (χ0n) is 4.18. The summed E-state index contributed by atoms with van der Waals surface area (Å²) in [6.45, 7) is 4.19. The quantitative estimate of drug-likeness (QED) is 0.656.